The second kappa shape index (κ2) is 9.96. The average molecular weight is 557 g/mol. The number of sulfone groups is 1. The van der Waals surface area contributed by atoms with Crippen LogP contribution in [0.3, 0.4) is 0 Å². The van der Waals surface area contributed by atoms with Crippen molar-refractivity contribution < 1.29 is 40.7 Å². The van der Waals surface area contributed by atoms with Gasteiger partial charge in [0.05, 0.1) is 22.1 Å². The third kappa shape index (κ3) is 5.56. The highest BCUT2D eigenvalue weighted by Gasteiger charge is 2.51. The van der Waals surface area contributed by atoms with Crippen LogP contribution in [-0.2, 0) is 20.8 Å². The molecule has 206 valence electrons. The van der Waals surface area contributed by atoms with Crippen LogP contribution in [-0.4, -0.2) is 54.2 Å². The van der Waals surface area contributed by atoms with Crippen LogP contribution in [0.5, 0.6) is 0 Å². The van der Waals surface area contributed by atoms with Gasteiger partial charge in [-0.2, -0.15) is 13.2 Å². The normalized spacial score (nSPS) is 21.7. The fourth-order valence-electron chi connectivity index (χ4n) is 4.95. The smallest absolute Gasteiger partial charge is 0.387 e. The average Bonchev–Trinajstić information content (AvgIpc) is 3.44. The van der Waals surface area contributed by atoms with Crippen LogP contribution in [0.1, 0.15) is 66.6 Å². The number of benzene rings is 2. The van der Waals surface area contributed by atoms with E-state index in [4.69, 9.17) is 0 Å². The van der Waals surface area contributed by atoms with Gasteiger partial charge in [-0.1, -0.05) is 19.1 Å². The van der Waals surface area contributed by atoms with Gasteiger partial charge in [0.1, 0.15) is 11.9 Å². The molecule has 0 aromatic heterocycles. The number of hydrogen-bond donors (Lipinski definition) is 2. The van der Waals surface area contributed by atoms with Crippen molar-refractivity contribution in [2.75, 3.05) is 6.26 Å². The van der Waals surface area contributed by atoms with Crippen LogP contribution in [0, 0.1) is 5.82 Å². The lowest BCUT2D eigenvalue weighted by Crippen LogP contribution is -2.51. The minimum atomic E-state index is -4.76. The highest BCUT2D eigenvalue weighted by atomic mass is 32.2. The number of carbonyl (C=O) groups excluding carboxylic acids is 2. The number of nitrogens with one attached hydrogen (secondary N) is 1. The predicted octanol–water partition coefficient (Wildman–Crippen LogP) is 4.01. The van der Waals surface area contributed by atoms with Crippen LogP contribution in [0.25, 0.3) is 0 Å². The molecule has 2 N–H and O–H groups in total. The van der Waals surface area contributed by atoms with Gasteiger partial charge >= 0.3 is 6.18 Å². The molecule has 0 bridgehead atoms. The second-order valence-corrected chi connectivity index (χ2v) is 12.0. The van der Waals surface area contributed by atoms with Gasteiger partial charge < -0.3 is 15.3 Å². The number of halogens is 4. The first kappa shape index (κ1) is 28.0. The fraction of sp³-hybridized carbons (Fsp3) is 0.462. The topological polar surface area (TPSA) is 104 Å². The maximum atomic E-state index is 14.8. The number of carbonyl (C=O) groups is 2. The van der Waals surface area contributed by atoms with Crippen molar-refractivity contribution in [3.8, 4) is 0 Å². The Morgan fingerprint density at radius 1 is 1.16 bits per heavy atom. The van der Waals surface area contributed by atoms with E-state index in [1.54, 1.807) is 0 Å². The molecule has 2 amide bonds. The summed E-state index contributed by atoms with van der Waals surface area (Å²) in [6.45, 7) is 1.84. The molecule has 3 atom stereocenters. The molecule has 1 aliphatic heterocycles. The summed E-state index contributed by atoms with van der Waals surface area (Å²) < 4.78 is 77.8. The first-order valence-electron chi connectivity index (χ1n) is 12.2. The summed E-state index contributed by atoms with van der Waals surface area (Å²) in [5, 5.41) is 13.4. The molecule has 1 saturated carbocycles. The van der Waals surface area contributed by atoms with Gasteiger partial charge in [0.2, 0.25) is 5.91 Å². The maximum Gasteiger partial charge on any atom is 0.416 e. The van der Waals surface area contributed by atoms with Crippen LogP contribution in [0.2, 0.25) is 0 Å². The molecule has 1 aliphatic carbocycles. The van der Waals surface area contributed by atoms with Gasteiger partial charge in [0.25, 0.3) is 5.91 Å². The van der Waals surface area contributed by atoms with E-state index in [1.807, 2.05) is 6.92 Å². The lowest BCUT2D eigenvalue weighted by atomic mass is 9.96. The van der Waals surface area contributed by atoms with Gasteiger partial charge in [-0.05, 0) is 62.4 Å². The summed E-state index contributed by atoms with van der Waals surface area (Å²) in [6.07, 6.45) is -2.06. The largest absolute Gasteiger partial charge is 0.416 e. The zero-order chi connectivity index (χ0) is 28.0. The number of hydrogen-bond acceptors (Lipinski definition) is 5. The number of rotatable bonds is 7. The highest BCUT2D eigenvalue weighted by Crippen LogP contribution is 2.47. The molecule has 2 fully saturated rings. The van der Waals surface area contributed by atoms with E-state index >= 15 is 0 Å². The molecular weight excluding hydrogens is 528 g/mol. The van der Waals surface area contributed by atoms with Crippen molar-refractivity contribution in [1.29, 1.82) is 0 Å². The Labute approximate surface area is 217 Å². The molecular formula is C26H28F4N2O5S. The summed E-state index contributed by atoms with van der Waals surface area (Å²) in [7, 11) is -3.59. The van der Waals surface area contributed by atoms with Crippen molar-refractivity contribution in [2.24, 2.45) is 0 Å². The molecule has 0 radical (unpaired) electrons. The molecule has 1 heterocycles. The van der Waals surface area contributed by atoms with Crippen molar-refractivity contribution in [3.63, 3.8) is 0 Å². The van der Waals surface area contributed by atoms with E-state index in [1.165, 1.54) is 29.2 Å². The number of aliphatic hydroxyl groups is 1. The van der Waals surface area contributed by atoms with Gasteiger partial charge in [-0.25, -0.2) is 12.8 Å². The van der Waals surface area contributed by atoms with E-state index in [9.17, 15) is 40.7 Å². The second-order valence-electron chi connectivity index (χ2n) is 9.95. The molecule has 1 saturated heterocycles. The Hall–Kier alpha value is -2.99. The Morgan fingerprint density at radius 2 is 1.84 bits per heavy atom. The van der Waals surface area contributed by atoms with Crippen LogP contribution in [0.15, 0.2) is 47.4 Å². The number of amides is 2. The molecule has 12 heteroatoms. The van der Waals surface area contributed by atoms with Crippen molar-refractivity contribution >= 4 is 21.7 Å². The molecule has 0 unspecified atom stereocenters. The van der Waals surface area contributed by atoms with Crippen LogP contribution in [0.4, 0.5) is 17.6 Å². The van der Waals surface area contributed by atoms with Crippen molar-refractivity contribution in [1.82, 2.24) is 10.2 Å². The molecule has 2 aromatic rings. The molecule has 2 aliphatic rings. The number of alkyl halides is 3. The first-order chi connectivity index (χ1) is 17.7. The Balaban J connectivity index is 1.63. The summed E-state index contributed by atoms with van der Waals surface area (Å²) in [5.41, 5.74) is -2.92. The summed E-state index contributed by atoms with van der Waals surface area (Å²) in [4.78, 5) is 28.3. The summed E-state index contributed by atoms with van der Waals surface area (Å²) >= 11 is 0. The quantitative estimate of drug-likeness (QED) is 0.502. The lowest BCUT2D eigenvalue weighted by Gasteiger charge is -2.32. The lowest BCUT2D eigenvalue weighted by molar-refractivity contribution is -0.137. The van der Waals surface area contributed by atoms with E-state index in [0.717, 1.165) is 12.3 Å². The first-order valence-corrected chi connectivity index (χ1v) is 14.1. The van der Waals surface area contributed by atoms with Gasteiger partial charge in [-0.15, -0.1) is 0 Å². The molecule has 7 nitrogen and oxygen atoms in total. The van der Waals surface area contributed by atoms with Crippen LogP contribution < -0.4 is 5.32 Å². The Morgan fingerprint density at radius 3 is 2.39 bits per heavy atom. The van der Waals surface area contributed by atoms with Gasteiger partial charge in [0, 0.05) is 23.4 Å². The maximum absolute atomic E-state index is 14.8. The summed E-state index contributed by atoms with van der Waals surface area (Å²) in [5.74, 6) is -2.45. The zero-order valence-electron chi connectivity index (χ0n) is 20.8. The van der Waals surface area contributed by atoms with Crippen LogP contribution >= 0.6 is 0 Å². The third-order valence-electron chi connectivity index (χ3n) is 7.25. The fourth-order valence-corrected chi connectivity index (χ4v) is 5.62. The SMILES string of the molecule is CC[C@@H]1CC[C@H](C(=O)N[C@@H](c2ccc(C(F)(F)F)cc2F)C2(O)CC2)N1C(=O)c1cccc(S(C)(=O)=O)c1. The minimum absolute atomic E-state index is 0.0506. The highest BCUT2D eigenvalue weighted by molar-refractivity contribution is 7.90. The van der Waals surface area contributed by atoms with Gasteiger partial charge in [0.15, 0.2) is 9.84 Å². The van der Waals surface area contributed by atoms with Crippen molar-refractivity contribution in [2.45, 2.75) is 73.8 Å². The Bertz CT molecular complexity index is 1360. The third-order valence-corrected chi connectivity index (χ3v) is 8.36. The minimum Gasteiger partial charge on any atom is -0.387 e. The Kier molecular flexibility index (Phi) is 7.34. The van der Waals surface area contributed by atoms with Gasteiger partial charge in [-0.3, -0.25) is 9.59 Å². The van der Waals surface area contributed by atoms with E-state index < -0.39 is 56.9 Å². The molecule has 4 rings (SSSR count). The molecule has 2 aromatic carbocycles. The van der Waals surface area contributed by atoms with E-state index in [2.05, 4.69) is 5.32 Å². The monoisotopic (exact) mass is 556 g/mol. The molecule has 0 spiro atoms. The van der Waals surface area contributed by atoms with Crippen molar-refractivity contribution in [3.05, 3.63) is 65.0 Å². The predicted molar refractivity (Wildman–Crippen MR) is 129 cm³/mol. The van der Waals surface area contributed by atoms with E-state index in [-0.39, 0.29) is 41.3 Å². The number of nitrogens with zero attached hydrogens (tertiary/aromatic N) is 1. The standard InChI is InChI=1S/C26H28F4N2O5S/c1-3-17-8-10-21(32(17)24(34)15-5-4-6-18(13-15)38(2,36)37)23(33)31-22(25(35)11-12-25)19-9-7-16(14-20(19)27)26(28,29)30/h4-7,9,13-14,17,21-22,35H,3,8,10-12H2,1-2H3,(H,31,33)/t17-,21-,22+/m1/s1. The summed E-state index contributed by atoms with van der Waals surface area (Å²) in [6, 6.07) is 4.76. The zero-order valence-corrected chi connectivity index (χ0v) is 21.6. The van der Waals surface area contributed by atoms with E-state index in [0.29, 0.717) is 25.0 Å². The number of likely N-dealkylation sites (tertiary alicyclic amines) is 1. The molecule has 38 heavy (non-hydrogen) atoms.